The number of ether oxygens (including phenoxy) is 1. The SMILES string of the molecule is CCNc1cc2c(cc1C)Nc1cc(C)c(NCC)cc1O2.[O-][Cl+3]([O-])([O-])O. The Labute approximate surface area is 160 Å². The van der Waals surface area contributed by atoms with Gasteiger partial charge in [-0.2, -0.15) is 14.0 Å². The summed E-state index contributed by atoms with van der Waals surface area (Å²) in [6.07, 6.45) is 0. The zero-order chi connectivity index (χ0) is 20.2. The van der Waals surface area contributed by atoms with Crippen LogP contribution in [0.3, 0.4) is 0 Å². The van der Waals surface area contributed by atoms with Crippen molar-refractivity contribution in [3.05, 3.63) is 35.4 Å². The Bertz CT molecular complexity index is 743. The van der Waals surface area contributed by atoms with Crippen LogP contribution in [-0.2, 0) is 0 Å². The first-order valence-electron chi connectivity index (χ1n) is 8.47. The van der Waals surface area contributed by atoms with E-state index in [9.17, 15) is 0 Å². The Morgan fingerprint density at radius 3 is 1.59 bits per heavy atom. The summed E-state index contributed by atoms with van der Waals surface area (Å²) in [5, 5.41) is 10.2. The molecule has 0 radical (unpaired) electrons. The molecular weight excluding hydrogens is 374 g/mol. The second-order valence-corrected chi connectivity index (χ2v) is 6.80. The fourth-order valence-corrected chi connectivity index (χ4v) is 2.77. The van der Waals surface area contributed by atoms with Crippen molar-refractivity contribution in [2.24, 2.45) is 0 Å². The number of hydrogen-bond donors (Lipinski definition) is 4. The number of halogens is 1. The summed E-state index contributed by atoms with van der Waals surface area (Å²) in [4.78, 5) is 0. The van der Waals surface area contributed by atoms with Crippen LogP contribution in [-0.4, -0.2) is 17.7 Å². The van der Waals surface area contributed by atoms with Gasteiger partial charge in [-0.15, -0.1) is 0 Å². The largest absolute Gasteiger partial charge is 0.453 e. The van der Waals surface area contributed by atoms with Gasteiger partial charge in [0.15, 0.2) is 11.5 Å². The van der Waals surface area contributed by atoms with E-state index in [1.54, 1.807) is 0 Å². The van der Waals surface area contributed by atoms with Gasteiger partial charge in [0, 0.05) is 36.6 Å². The van der Waals surface area contributed by atoms with E-state index in [1.807, 2.05) is 0 Å². The quantitative estimate of drug-likeness (QED) is 0.509. The molecule has 0 saturated heterocycles. The lowest BCUT2D eigenvalue weighted by Gasteiger charge is -2.25. The van der Waals surface area contributed by atoms with E-state index in [0.717, 1.165) is 47.3 Å². The number of fused-ring (bicyclic) bond motifs is 2. The minimum atomic E-state index is -4.69. The van der Waals surface area contributed by atoms with Crippen molar-refractivity contribution < 1.29 is 33.6 Å². The summed E-state index contributed by atoms with van der Waals surface area (Å²) in [5.41, 5.74) is 6.68. The number of hydrogen-bond acceptors (Lipinski definition) is 8. The van der Waals surface area contributed by atoms with Crippen molar-refractivity contribution in [1.29, 1.82) is 0 Å². The topological polar surface area (TPSA) is 135 Å². The van der Waals surface area contributed by atoms with Gasteiger partial charge in [-0.25, -0.2) is 0 Å². The summed E-state index contributed by atoms with van der Waals surface area (Å²) in [6, 6.07) is 8.39. The number of nitrogens with one attached hydrogen (secondary N) is 3. The van der Waals surface area contributed by atoms with Gasteiger partial charge in [-0.05, 0) is 51.0 Å². The lowest BCUT2D eigenvalue weighted by Crippen LogP contribution is -2.58. The minimum Gasteiger partial charge on any atom is -0.453 e. The maximum atomic E-state index is 8.60. The van der Waals surface area contributed by atoms with Gasteiger partial charge in [0.2, 0.25) is 0 Å². The molecule has 0 unspecified atom stereocenters. The van der Waals surface area contributed by atoms with Crippen LogP contribution in [0.2, 0.25) is 0 Å². The van der Waals surface area contributed by atoms with Crippen molar-refractivity contribution in [2.45, 2.75) is 27.7 Å². The van der Waals surface area contributed by atoms with Crippen LogP contribution in [0.25, 0.3) is 0 Å². The van der Waals surface area contributed by atoms with Gasteiger partial charge < -0.3 is 20.7 Å². The molecule has 2 aromatic carbocycles. The van der Waals surface area contributed by atoms with Crippen LogP contribution in [0.4, 0.5) is 22.7 Å². The van der Waals surface area contributed by atoms with Crippen molar-refractivity contribution >= 4 is 22.7 Å². The standard InChI is InChI=1S/C18H23N3O.ClHO4/c1-5-19-13-9-17-15(7-11(13)3)21-16-8-12(4)14(20-6-2)10-18(16)22-17;2-1(3,4)5/h7-10,19-21H,5-6H2,1-4H3;(H,2,3,4,5). The highest BCUT2D eigenvalue weighted by atomic mass is 35.7. The average Bonchev–Trinajstić information content (AvgIpc) is 2.54. The maximum absolute atomic E-state index is 8.60. The second-order valence-electron chi connectivity index (χ2n) is 6.01. The molecule has 0 aromatic heterocycles. The third-order valence-corrected chi connectivity index (χ3v) is 3.88. The fourth-order valence-electron chi connectivity index (χ4n) is 2.77. The Balaban J connectivity index is 0.000000465. The Morgan fingerprint density at radius 2 is 1.26 bits per heavy atom. The van der Waals surface area contributed by atoms with Crippen molar-refractivity contribution in [3.63, 3.8) is 0 Å². The lowest BCUT2D eigenvalue weighted by atomic mass is 10.1. The Morgan fingerprint density at radius 1 is 0.889 bits per heavy atom. The van der Waals surface area contributed by atoms with Crippen molar-refractivity contribution in [2.75, 3.05) is 29.0 Å². The molecule has 27 heavy (non-hydrogen) atoms. The van der Waals surface area contributed by atoms with E-state index in [4.69, 9.17) is 23.4 Å². The van der Waals surface area contributed by atoms with E-state index >= 15 is 0 Å². The van der Waals surface area contributed by atoms with Gasteiger partial charge in [0.1, 0.15) is 0 Å². The van der Waals surface area contributed by atoms with Gasteiger partial charge in [0.05, 0.1) is 26.3 Å². The van der Waals surface area contributed by atoms with E-state index in [2.05, 4.69) is 67.9 Å². The molecule has 0 bridgehead atoms. The summed E-state index contributed by atoms with van der Waals surface area (Å²) in [6.45, 7) is 10.2. The number of aryl methyl sites for hydroxylation is 2. The molecule has 9 heteroatoms. The lowest BCUT2D eigenvalue weighted by molar-refractivity contribution is -1.92. The summed E-state index contributed by atoms with van der Waals surface area (Å²) in [5.74, 6) is 1.72. The van der Waals surface area contributed by atoms with Crippen LogP contribution in [0.1, 0.15) is 25.0 Å². The fraction of sp³-hybridized carbons (Fsp3) is 0.333. The number of benzene rings is 2. The van der Waals surface area contributed by atoms with Crippen LogP contribution in [0.5, 0.6) is 11.5 Å². The number of anilines is 4. The predicted octanol–water partition coefficient (Wildman–Crippen LogP) is 0.892. The number of rotatable bonds is 4. The van der Waals surface area contributed by atoms with E-state index < -0.39 is 10.2 Å². The van der Waals surface area contributed by atoms with Crippen LogP contribution in [0.15, 0.2) is 24.3 Å². The maximum Gasteiger partial charge on any atom is 0.153 e. The molecule has 1 heterocycles. The molecule has 0 spiro atoms. The van der Waals surface area contributed by atoms with Gasteiger partial charge in [-0.1, -0.05) is 0 Å². The molecular formula is C18H24ClN3O5. The molecule has 0 amide bonds. The molecule has 0 aliphatic carbocycles. The zero-order valence-electron chi connectivity index (χ0n) is 15.7. The summed E-state index contributed by atoms with van der Waals surface area (Å²) >= 11 is 0. The van der Waals surface area contributed by atoms with E-state index in [0.29, 0.717) is 0 Å². The molecule has 0 fully saturated rings. The highest BCUT2D eigenvalue weighted by molar-refractivity contribution is 5.81. The molecule has 1 aliphatic rings. The predicted molar refractivity (Wildman–Crippen MR) is 96.3 cm³/mol. The minimum absolute atomic E-state index is 0.861. The highest BCUT2D eigenvalue weighted by Gasteiger charge is 2.19. The Hall–Kier alpha value is -2.23. The first-order chi connectivity index (χ1) is 12.6. The molecule has 3 rings (SSSR count). The third kappa shape index (κ3) is 5.88. The monoisotopic (exact) mass is 397 g/mol. The third-order valence-electron chi connectivity index (χ3n) is 3.88. The molecule has 4 N–H and O–H groups in total. The van der Waals surface area contributed by atoms with Crippen LogP contribution >= 0.6 is 0 Å². The second kappa shape index (κ2) is 8.64. The van der Waals surface area contributed by atoms with Crippen LogP contribution in [0, 0.1) is 24.1 Å². The Kier molecular flexibility index (Phi) is 6.74. The van der Waals surface area contributed by atoms with Gasteiger partial charge in [-0.3, -0.25) is 0 Å². The smallest absolute Gasteiger partial charge is 0.153 e. The summed E-state index contributed by atoms with van der Waals surface area (Å²) < 4.78 is 38.8. The van der Waals surface area contributed by atoms with Crippen molar-refractivity contribution in [3.8, 4) is 11.5 Å². The van der Waals surface area contributed by atoms with E-state index in [1.165, 1.54) is 11.1 Å². The molecule has 148 valence electrons. The molecule has 1 aliphatic heterocycles. The van der Waals surface area contributed by atoms with Crippen molar-refractivity contribution in [1.82, 2.24) is 0 Å². The summed E-state index contributed by atoms with van der Waals surface area (Å²) in [7, 11) is -4.69. The highest BCUT2D eigenvalue weighted by Crippen LogP contribution is 2.45. The van der Waals surface area contributed by atoms with Crippen LogP contribution < -0.4 is 34.7 Å². The zero-order valence-corrected chi connectivity index (χ0v) is 16.4. The normalized spacial score (nSPS) is 11.9. The molecule has 0 atom stereocenters. The van der Waals surface area contributed by atoms with Gasteiger partial charge >= 0.3 is 0 Å². The first kappa shape index (κ1) is 21.1. The van der Waals surface area contributed by atoms with Gasteiger partial charge in [0.25, 0.3) is 0 Å². The average molecular weight is 398 g/mol. The molecule has 8 nitrogen and oxygen atoms in total. The first-order valence-corrected chi connectivity index (χ1v) is 9.73. The molecule has 0 saturated carbocycles. The van der Waals surface area contributed by atoms with E-state index in [-0.39, 0.29) is 0 Å². The molecule has 2 aromatic rings.